The van der Waals surface area contributed by atoms with Crippen LogP contribution in [0.4, 0.5) is 0 Å². The summed E-state index contributed by atoms with van der Waals surface area (Å²) in [6.07, 6.45) is 1.79. The number of para-hydroxylation sites is 1. The molecule has 118 valence electrons. The Hall–Kier alpha value is -3.14. The van der Waals surface area contributed by atoms with Gasteiger partial charge in [-0.15, -0.1) is 0 Å². The Balaban J connectivity index is 1.98. The van der Waals surface area contributed by atoms with E-state index < -0.39 is 0 Å². The molecule has 0 N–H and O–H groups in total. The van der Waals surface area contributed by atoms with Gasteiger partial charge in [0.25, 0.3) is 0 Å². The van der Waals surface area contributed by atoms with Gasteiger partial charge in [-0.1, -0.05) is 30.3 Å². The molecule has 0 saturated heterocycles. The van der Waals surface area contributed by atoms with Gasteiger partial charge in [0.1, 0.15) is 0 Å². The van der Waals surface area contributed by atoms with Gasteiger partial charge >= 0.3 is 5.97 Å². The van der Waals surface area contributed by atoms with E-state index in [1.807, 2.05) is 48.5 Å². The predicted octanol–water partition coefficient (Wildman–Crippen LogP) is 4.02. The molecular weight excluding hydrogens is 300 g/mol. The number of fused-ring (bicyclic) bond motifs is 3. The third kappa shape index (κ3) is 2.33. The summed E-state index contributed by atoms with van der Waals surface area (Å²) in [5.74, 6) is -0.327. The lowest BCUT2D eigenvalue weighted by atomic mass is 10.1. The van der Waals surface area contributed by atoms with E-state index in [1.165, 1.54) is 12.5 Å². The first kappa shape index (κ1) is 14.5. The fraction of sp³-hybridized carbons (Fsp3) is 0.100. The molecule has 4 rings (SSSR count). The van der Waals surface area contributed by atoms with Crippen LogP contribution in [0.5, 0.6) is 0 Å². The lowest BCUT2D eigenvalue weighted by molar-refractivity contribution is 0.0601. The van der Waals surface area contributed by atoms with Gasteiger partial charge in [0, 0.05) is 22.5 Å². The molecule has 4 heteroatoms. The van der Waals surface area contributed by atoms with Gasteiger partial charge in [-0.05, 0) is 30.3 Å². The van der Waals surface area contributed by atoms with E-state index in [9.17, 15) is 4.79 Å². The summed E-state index contributed by atoms with van der Waals surface area (Å²) >= 11 is 0. The Morgan fingerprint density at radius 2 is 1.79 bits per heavy atom. The van der Waals surface area contributed by atoms with Gasteiger partial charge in [-0.2, -0.15) is 0 Å². The molecule has 0 unspecified atom stereocenters. The average molecular weight is 316 g/mol. The van der Waals surface area contributed by atoms with Crippen LogP contribution < -0.4 is 0 Å². The highest BCUT2D eigenvalue weighted by Gasteiger charge is 2.14. The molecule has 4 nitrogen and oxygen atoms in total. The molecule has 0 spiro atoms. The van der Waals surface area contributed by atoms with Crippen molar-refractivity contribution in [2.24, 2.45) is 0 Å². The summed E-state index contributed by atoms with van der Waals surface area (Å²) in [7, 11) is 1.40. The van der Waals surface area contributed by atoms with E-state index in [2.05, 4.69) is 21.7 Å². The van der Waals surface area contributed by atoms with Crippen LogP contribution in [0.3, 0.4) is 0 Å². The molecule has 0 bridgehead atoms. The summed E-state index contributed by atoms with van der Waals surface area (Å²) in [4.78, 5) is 16.3. The average Bonchev–Trinajstić information content (AvgIpc) is 2.95. The van der Waals surface area contributed by atoms with Crippen molar-refractivity contribution in [1.82, 2.24) is 9.55 Å². The number of hydrogen-bond acceptors (Lipinski definition) is 3. The zero-order chi connectivity index (χ0) is 16.5. The Bertz CT molecular complexity index is 1040. The Morgan fingerprint density at radius 3 is 2.58 bits per heavy atom. The van der Waals surface area contributed by atoms with E-state index in [4.69, 9.17) is 4.74 Å². The van der Waals surface area contributed by atoms with E-state index in [-0.39, 0.29) is 5.97 Å². The number of ether oxygens (including phenoxy) is 1. The fourth-order valence-corrected chi connectivity index (χ4v) is 3.12. The number of nitrogens with zero attached hydrogens (tertiary/aromatic N) is 2. The molecule has 0 aliphatic carbocycles. The van der Waals surface area contributed by atoms with Gasteiger partial charge in [-0.3, -0.25) is 4.98 Å². The highest BCUT2D eigenvalue weighted by molar-refractivity contribution is 6.09. The Kier molecular flexibility index (Phi) is 3.50. The summed E-state index contributed by atoms with van der Waals surface area (Å²) < 4.78 is 7.05. The monoisotopic (exact) mass is 316 g/mol. The van der Waals surface area contributed by atoms with Crippen molar-refractivity contribution in [3.8, 4) is 0 Å². The number of aromatic nitrogens is 2. The van der Waals surface area contributed by atoms with Crippen molar-refractivity contribution >= 4 is 27.8 Å². The van der Waals surface area contributed by atoms with E-state index in [0.29, 0.717) is 12.1 Å². The molecule has 0 radical (unpaired) electrons. The molecule has 0 atom stereocenters. The summed E-state index contributed by atoms with van der Waals surface area (Å²) in [5, 5.41) is 2.29. The quantitative estimate of drug-likeness (QED) is 0.536. The number of methoxy groups -OCH3 is 1. The lowest BCUT2D eigenvalue weighted by Gasteiger charge is -2.07. The first-order valence-corrected chi connectivity index (χ1v) is 7.77. The van der Waals surface area contributed by atoms with Crippen LogP contribution in [0.2, 0.25) is 0 Å². The van der Waals surface area contributed by atoms with E-state index in [1.54, 1.807) is 6.20 Å². The second kappa shape index (κ2) is 5.81. The third-order valence-electron chi connectivity index (χ3n) is 4.24. The maximum absolute atomic E-state index is 11.9. The first-order chi connectivity index (χ1) is 11.8. The number of pyridine rings is 1. The van der Waals surface area contributed by atoms with Crippen molar-refractivity contribution in [3.05, 3.63) is 78.1 Å². The number of hydrogen-bond donors (Lipinski definition) is 0. The van der Waals surface area contributed by atoms with Crippen LogP contribution in [0.1, 0.15) is 16.1 Å². The lowest BCUT2D eigenvalue weighted by Crippen LogP contribution is -2.03. The zero-order valence-corrected chi connectivity index (χ0v) is 13.3. The SMILES string of the molecule is COC(=O)c1ccc2c3ccccc3n(Cc3ccccn3)c2c1. The highest BCUT2D eigenvalue weighted by atomic mass is 16.5. The number of carbonyl (C=O) groups excluding carboxylic acids is 1. The summed E-state index contributed by atoms with van der Waals surface area (Å²) in [6.45, 7) is 0.648. The minimum atomic E-state index is -0.327. The molecule has 0 aliphatic heterocycles. The van der Waals surface area contributed by atoms with Crippen LogP contribution in [-0.4, -0.2) is 22.6 Å². The number of rotatable bonds is 3. The molecular formula is C20H16N2O2. The third-order valence-corrected chi connectivity index (χ3v) is 4.24. The second-order valence-electron chi connectivity index (χ2n) is 5.65. The van der Waals surface area contributed by atoms with Crippen molar-refractivity contribution in [2.45, 2.75) is 6.54 Å². The molecule has 0 saturated carbocycles. The van der Waals surface area contributed by atoms with Crippen molar-refractivity contribution < 1.29 is 9.53 Å². The van der Waals surface area contributed by atoms with Crippen LogP contribution in [0.15, 0.2) is 66.9 Å². The number of esters is 1. The summed E-state index contributed by atoms with van der Waals surface area (Å²) in [5.41, 5.74) is 3.66. The molecule has 4 aromatic rings. The maximum Gasteiger partial charge on any atom is 0.337 e. The van der Waals surface area contributed by atoms with Gasteiger partial charge in [-0.25, -0.2) is 4.79 Å². The van der Waals surface area contributed by atoms with Crippen molar-refractivity contribution in [1.29, 1.82) is 0 Å². The van der Waals surface area contributed by atoms with Crippen molar-refractivity contribution in [3.63, 3.8) is 0 Å². The summed E-state index contributed by atoms with van der Waals surface area (Å²) in [6, 6.07) is 19.8. The van der Waals surface area contributed by atoms with Crippen molar-refractivity contribution in [2.75, 3.05) is 7.11 Å². The fourth-order valence-electron chi connectivity index (χ4n) is 3.12. The number of carbonyl (C=O) groups is 1. The standard InChI is InChI=1S/C20H16N2O2/c1-24-20(23)14-9-10-17-16-7-2-3-8-18(16)22(19(17)12-14)13-15-6-4-5-11-21-15/h2-12H,13H2,1H3. The molecule has 24 heavy (non-hydrogen) atoms. The topological polar surface area (TPSA) is 44.1 Å². The smallest absolute Gasteiger partial charge is 0.337 e. The first-order valence-electron chi connectivity index (χ1n) is 7.77. The highest BCUT2D eigenvalue weighted by Crippen LogP contribution is 2.30. The minimum Gasteiger partial charge on any atom is -0.465 e. The zero-order valence-electron chi connectivity index (χ0n) is 13.3. The molecule has 0 fully saturated rings. The maximum atomic E-state index is 11.9. The molecule has 2 aromatic carbocycles. The Labute approximate surface area is 139 Å². The minimum absolute atomic E-state index is 0.327. The number of benzene rings is 2. The van der Waals surface area contributed by atoms with Gasteiger partial charge in [0.15, 0.2) is 0 Å². The molecule has 2 aromatic heterocycles. The normalized spacial score (nSPS) is 11.0. The second-order valence-corrected chi connectivity index (χ2v) is 5.65. The van der Waals surface area contributed by atoms with Crippen LogP contribution in [0.25, 0.3) is 21.8 Å². The van der Waals surface area contributed by atoms with Crippen LogP contribution >= 0.6 is 0 Å². The largest absolute Gasteiger partial charge is 0.465 e. The van der Waals surface area contributed by atoms with Gasteiger partial charge in [0.05, 0.1) is 30.4 Å². The van der Waals surface area contributed by atoms with Gasteiger partial charge < -0.3 is 9.30 Å². The predicted molar refractivity (Wildman–Crippen MR) is 94.1 cm³/mol. The van der Waals surface area contributed by atoms with E-state index >= 15 is 0 Å². The van der Waals surface area contributed by atoms with Gasteiger partial charge in [0.2, 0.25) is 0 Å². The molecule has 0 aliphatic rings. The van der Waals surface area contributed by atoms with Crippen LogP contribution in [-0.2, 0) is 11.3 Å². The van der Waals surface area contributed by atoms with Crippen LogP contribution in [0, 0.1) is 0 Å². The molecule has 0 amide bonds. The molecule has 2 heterocycles. The Morgan fingerprint density at radius 1 is 1.00 bits per heavy atom. The van der Waals surface area contributed by atoms with E-state index in [0.717, 1.165) is 22.1 Å².